The zero-order valence-electron chi connectivity index (χ0n) is 12.7. The Balaban J connectivity index is 1.47. The monoisotopic (exact) mass is 331 g/mol. The molecule has 0 atom stereocenters. The van der Waals surface area contributed by atoms with Crippen molar-refractivity contribution in [3.63, 3.8) is 0 Å². The topological polar surface area (TPSA) is 71.0 Å². The summed E-state index contributed by atoms with van der Waals surface area (Å²) in [5.41, 5.74) is 0.944. The fourth-order valence-electron chi connectivity index (χ4n) is 2.67. The number of nitrogens with zero attached hydrogens (tertiary/aromatic N) is 4. The van der Waals surface area contributed by atoms with Gasteiger partial charge in [0, 0.05) is 44.1 Å². The van der Waals surface area contributed by atoms with Gasteiger partial charge in [-0.25, -0.2) is 9.97 Å². The summed E-state index contributed by atoms with van der Waals surface area (Å²) in [5, 5.41) is 3.43. The van der Waals surface area contributed by atoms with Crippen molar-refractivity contribution in [1.29, 1.82) is 0 Å². The Labute approximate surface area is 139 Å². The van der Waals surface area contributed by atoms with Gasteiger partial charge in [0.2, 0.25) is 5.91 Å². The summed E-state index contributed by atoms with van der Waals surface area (Å²) < 4.78 is 0. The fourth-order valence-corrected chi connectivity index (χ4v) is 2.78. The predicted molar refractivity (Wildman–Crippen MR) is 88.1 cm³/mol. The Hall–Kier alpha value is -2.21. The summed E-state index contributed by atoms with van der Waals surface area (Å²) >= 11 is 5.75. The number of piperidine rings is 1. The van der Waals surface area contributed by atoms with Crippen LogP contribution in [0.1, 0.15) is 18.4 Å². The number of nitrogens with one attached hydrogen (secondary N) is 1. The first-order valence-corrected chi connectivity index (χ1v) is 7.99. The van der Waals surface area contributed by atoms with Crippen molar-refractivity contribution in [3.05, 3.63) is 47.6 Å². The molecule has 1 N–H and O–H groups in total. The van der Waals surface area contributed by atoms with Crippen molar-refractivity contribution >= 4 is 23.3 Å². The van der Waals surface area contributed by atoms with Gasteiger partial charge in [-0.05, 0) is 24.5 Å². The number of hydrogen-bond donors (Lipinski definition) is 1. The lowest BCUT2D eigenvalue weighted by molar-refractivity contribution is -0.125. The SMILES string of the molecule is O=C(NCc1ccc(Cl)nc1)C1CCN(c2cnccn2)CC1. The number of anilines is 1. The summed E-state index contributed by atoms with van der Waals surface area (Å²) in [6, 6.07) is 3.59. The number of pyridine rings is 1. The Morgan fingerprint density at radius 3 is 2.70 bits per heavy atom. The zero-order chi connectivity index (χ0) is 16.1. The van der Waals surface area contributed by atoms with E-state index in [1.165, 1.54) is 0 Å². The van der Waals surface area contributed by atoms with Crippen LogP contribution in [0.2, 0.25) is 5.15 Å². The molecule has 1 amide bonds. The van der Waals surface area contributed by atoms with E-state index in [2.05, 4.69) is 25.2 Å². The van der Waals surface area contributed by atoms with E-state index in [1.54, 1.807) is 30.9 Å². The molecule has 0 unspecified atom stereocenters. The van der Waals surface area contributed by atoms with Crippen LogP contribution < -0.4 is 10.2 Å². The van der Waals surface area contributed by atoms with Crippen LogP contribution >= 0.6 is 11.6 Å². The van der Waals surface area contributed by atoms with E-state index >= 15 is 0 Å². The molecule has 3 heterocycles. The third kappa shape index (κ3) is 4.16. The minimum Gasteiger partial charge on any atom is -0.355 e. The molecular formula is C16H18ClN5O. The standard InChI is InChI=1S/C16H18ClN5O/c17-14-2-1-12(9-20-14)10-21-16(23)13-3-7-22(8-4-13)15-11-18-5-6-19-15/h1-2,5-6,9,11,13H,3-4,7-8,10H2,(H,21,23). The summed E-state index contributed by atoms with van der Waals surface area (Å²) in [5.74, 6) is 1.01. The second-order valence-corrected chi connectivity index (χ2v) is 5.92. The average molecular weight is 332 g/mol. The average Bonchev–Trinajstić information content (AvgIpc) is 2.62. The normalized spacial score (nSPS) is 15.4. The quantitative estimate of drug-likeness (QED) is 0.868. The smallest absolute Gasteiger partial charge is 0.223 e. The van der Waals surface area contributed by atoms with E-state index in [4.69, 9.17) is 11.6 Å². The summed E-state index contributed by atoms with van der Waals surface area (Å²) in [7, 11) is 0. The highest BCUT2D eigenvalue weighted by Crippen LogP contribution is 2.21. The summed E-state index contributed by atoms with van der Waals surface area (Å²) in [4.78, 5) is 26.8. The molecular weight excluding hydrogens is 314 g/mol. The van der Waals surface area contributed by atoms with Crippen molar-refractivity contribution in [1.82, 2.24) is 20.3 Å². The zero-order valence-corrected chi connectivity index (χ0v) is 13.4. The molecule has 0 bridgehead atoms. The van der Waals surface area contributed by atoms with Gasteiger partial charge in [-0.15, -0.1) is 0 Å². The minimum atomic E-state index is 0.0446. The van der Waals surface area contributed by atoms with Crippen LogP contribution in [-0.2, 0) is 11.3 Å². The molecule has 3 rings (SSSR count). The third-order valence-corrected chi connectivity index (χ3v) is 4.22. The number of carbonyl (C=O) groups is 1. The second kappa shape index (κ2) is 7.37. The van der Waals surface area contributed by atoms with Crippen LogP contribution in [0.4, 0.5) is 5.82 Å². The number of hydrogen-bond acceptors (Lipinski definition) is 5. The molecule has 0 aromatic carbocycles. The lowest BCUT2D eigenvalue weighted by Gasteiger charge is -2.31. The maximum Gasteiger partial charge on any atom is 0.223 e. The predicted octanol–water partition coefficient (Wildman–Crippen LogP) is 2.06. The second-order valence-electron chi connectivity index (χ2n) is 5.53. The van der Waals surface area contributed by atoms with Gasteiger partial charge in [0.15, 0.2) is 0 Å². The molecule has 1 fully saturated rings. The van der Waals surface area contributed by atoms with Crippen molar-refractivity contribution in [2.75, 3.05) is 18.0 Å². The molecule has 23 heavy (non-hydrogen) atoms. The molecule has 0 spiro atoms. The molecule has 120 valence electrons. The first-order chi connectivity index (χ1) is 11.2. The molecule has 1 aliphatic heterocycles. The number of amides is 1. The molecule has 7 heteroatoms. The van der Waals surface area contributed by atoms with E-state index in [1.807, 2.05) is 6.07 Å². The van der Waals surface area contributed by atoms with Crippen molar-refractivity contribution in [2.24, 2.45) is 5.92 Å². The molecule has 2 aromatic rings. The van der Waals surface area contributed by atoms with Gasteiger partial charge in [0.25, 0.3) is 0 Å². The minimum absolute atomic E-state index is 0.0446. The molecule has 0 saturated carbocycles. The van der Waals surface area contributed by atoms with Gasteiger partial charge < -0.3 is 10.2 Å². The van der Waals surface area contributed by atoms with Crippen LogP contribution in [0.25, 0.3) is 0 Å². The van der Waals surface area contributed by atoms with Crippen molar-refractivity contribution < 1.29 is 4.79 Å². The van der Waals surface area contributed by atoms with Gasteiger partial charge in [-0.1, -0.05) is 17.7 Å². The highest BCUT2D eigenvalue weighted by molar-refractivity contribution is 6.29. The maximum atomic E-state index is 12.3. The molecule has 6 nitrogen and oxygen atoms in total. The van der Waals surface area contributed by atoms with E-state index in [9.17, 15) is 4.79 Å². The van der Waals surface area contributed by atoms with Crippen LogP contribution in [0, 0.1) is 5.92 Å². The van der Waals surface area contributed by atoms with Gasteiger partial charge in [0.1, 0.15) is 11.0 Å². The van der Waals surface area contributed by atoms with E-state index < -0.39 is 0 Å². The molecule has 0 radical (unpaired) electrons. The lowest BCUT2D eigenvalue weighted by Crippen LogP contribution is -2.40. The van der Waals surface area contributed by atoms with Crippen molar-refractivity contribution in [2.45, 2.75) is 19.4 Å². The highest BCUT2D eigenvalue weighted by atomic mass is 35.5. The van der Waals surface area contributed by atoms with Crippen molar-refractivity contribution in [3.8, 4) is 0 Å². The maximum absolute atomic E-state index is 12.3. The Morgan fingerprint density at radius 2 is 2.04 bits per heavy atom. The Kier molecular flexibility index (Phi) is 5.02. The number of halogens is 1. The third-order valence-electron chi connectivity index (χ3n) is 3.99. The first-order valence-electron chi connectivity index (χ1n) is 7.61. The molecule has 0 aliphatic carbocycles. The first kappa shape index (κ1) is 15.7. The number of carbonyl (C=O) groups excluding carboxylic acids is 1. The molecule has 1 aliphatic rings. The molecule has 1 saturated heterocycles. The van der Waals surface area contributed by atoms with Crippen LogP contribution in [0.15, 0.2) is 36.9 Å². The Morgan fingerprint density at radius 1 is 1.22 bits per heavy atom. The number of rotatable bonds is 4. The largest absolute Gasteiger partial charge is 0.355 e. The summed E-state index contributed by atoms with van der Waals surface area (Å²) in [6.45, 7) is 2.12. The van der Waals surface area contributed by atoms with E-state index in [-0.39, 0.29) is 11.8 Å². The van der Waals surface area contributed by atoms with Crippen LogP contribution in [-0.4, -0.2) is 33.9 Å². The van der Waals surface area contributed by atoms with E-state index in [0.717, 1.165) is 37.3 Å². The summed E-state index contributed by atoms with van der Waals surface area (Å²) in [6.07, 6.45) is 8.43. The molecule has 2 aromatic heterocycles. The van der Waals surface area contributed by atoms with Crippen LogP contribution in [0.3, 0.4) is 0 Å². The van der Waals surface area contributed by atoms with Gasteiger partial charge in [-0.2, -0.15) is 0 Å². The highest BCUT2D eigenvalue weighted by Gasteiger charge is 2.25. The number of aromatic nitrogens is 3. The van der Waals surface area contributed by atoms with Gasteiger partial charge >= 0.3 is 0 Å². The lowest BCUT2D eigenvalue weighted by atomic mass is 9.96. The van der Waals surface area contributed by atoms with E-state index in [0.29, 0.717) is 11.7 Å². The fraction of sp³-hybridized carbons (Fsp3) is 0.375. The van der Waals surface area contributed by atoms with Crippen LogP contribution in [0.5, 0.6) is 0 Å². The van der Waals surface area contributed by atoms with Gasteiger partial charge in [-0.3, -0.25) is 9.78 Å². The Bertz CT molecular complexity index is 641. The van der Waals surface area contributed by atoms with Gasteiger partial charge in [0.05, 0.1) is 6.20 Å².